The summed E-state index contributed by atoms with van der Waals surface area (Å²) in [5, 5.41) is 14.4. The third-order valence-corrected chi connectivity index (χ3v) is 8.01. The number of halogens is 2. The Morgan fingerprint density at radius 1 is 1.02 bits per heavy atom. The third kappa shape index (κ3) is 9.36. The summed E-state index contributed by atoms with van der Waals surface area (Å²) in [6.07, 6.45) is 0.120. The fraction of sp³-hybridized carbons (Fsp3) is 0.429. The topological polar surface area (TPSA) is 97.3 Å². The van der Waals surface area contributed by atoms with Crippen molar-refractivity contribution in [3.63, 3.8) is 0 Å². The normalized spacial score (nSPS) is 16.7. The SMILES string of the molecule is COc1c(OCCCNCCCc2ccccc2Cl)cccc1[C@H]1O[C@H](CC(=O)O)C(=O)N(CC(C)(C)C)c2ccc(Cl)cc21. The van der Waals surface area contributed by atoms with Crippen LogP contribution in [0.3, 0.4) is 0 Å². The molecule has 0 radical (unpaired) electrons. The summed E-state index contributed by atoms with van der Waals surface area (Å²) in [5.41, 5.74) is 2.75. The van der Waals surface area contributed by atoms with Gasteiger partial charge in [-0.2, -0.15) is 0 Å². The Morgan fingerprint density at radius 2 is 1.78 bits per heavy atom. The lowest BCUT2D eigenvalue weighted by Gasteiger charge is -2.31. The average molecular weight is 658 g/mol. The molecule has 3 aromatic carbocycles. The van der Waals surface area contributed by atoms with E-state index in [0.717, 1.165) is 42.9 Å². The molecule has 2 atom stereocenters. The number of rotatable bonds is 14. The number of fused-ring (bicyclic) bond motifs is 1. The number of hydrogen-bond donors (Lipinski definition) is 2. The first-order valence-corrected chi connectivity index (χ1v) is 16.0. The molecule has 4 rings (SSSR count). The zero-order valence-corrected chi connectivity index (χ0v) is 27.8. The minimum Gasteiger partial charge on any atom is -0.492 e. The first-order valence-electron chi connectivity index (χ1n) is 15.2. The summed E-state index contributed by atoms with van der Waals surface area (Å²) < 4.78 is 18.4. The summed E-state index contributed by atoms with van der Waals surface area (Å²) in [5.74, 6) is -0.567. The van der Waals surface area contributed by atoms with Crippen LogP contribution in [0.2, 0.25) is 10.0 Å². The molecular weight excluding hydrogens is 615 g/mol. The van der Waals surface area contributed by atoms with Gasteiger partial charge in [0.1, 0.15) is 12.2 Å². The Morgan fingerprint density at radius 3 is 2.49 bits per heavy atom. The van der Waals surface area contributed by atoms with Crippen LogP contribution >= 0.6 is 23.2 Å². The number of ether oxygens (including phenoxy) is 3. The minimum atomic E-state index is -1.22. The van der Waals surface area contributed by atoms with Gasteiger partial charge >= 0.3 is 5.97 Å². The number of hydrogen-bond acceptors (Lipinski definition) is 6. The molecule has 0 aliphatic carbocycles. The van der Waals surface area contributed by atoms with Gasteiger partial charge in [-0.1, -0.05) is 74.3 Å². The van der Waals surface area contributed by atoms with Crippen LogP contribution in [-0.4, -0.2) is 56.4 Å². The fourth-order valence-electron chi connectivity index (χ4n) is 5.42. The molecule has 1 aliphatic heterocycles. The average Bonchev–Trinajstić information content (AvgIpc) is 3.08. The summed E-state index contributed by atoms with van der Waals surface area (Å²) in [6.45, 7) is 8.52. The van der Waals surface area contributed by atoms with Gasteiger partial charge in [-0.3, -0.25) is 9.59 Å². The molecule has 1 heterocycles. The number of carboxylic acids is 1. The summed E-state index contributed by atoms with van der Waals surface area (Å²) in [6, 6.07) is 18.7. The number of nitrogens with one attached hydrogen (secondary N) is 1. The van der Waals surface area contributed by atoms with Gasteiger partial charge in [-0.15, -0.1) is 0 Å². The smallest absolute Gasteiger partial charge is 0.306 e. The van der Waals surface area contributed by atoms with Gasteiger partial charge in [-0.05, 0) is 73.7 Å². The summed E-state index contributed by atoms with van der Waals surface area (Å²) >= 11 is 12.7. The second-order valence-electron chi connectivity index (χ2n) is 12.3. The van der Waals surface area contributed by atoms with Crippen LogP contribution in [0, 0.1) is 5.41 Å². The standard InChI is InChI=1S/C35H42Cl2N2O6/c1-35(2,3)22-39-28-16-15-24(36)20-26(28)32(45-30(34(39)42)21-31(40)41)25-12-7-14-29(33(25)43-4)44-19-9-18-38-17-8-11-23-10-5-6-13-27(23)37/h5-7,10,12-16,20,30,32,38H,8-9,11,17-19,21-22H2,1-4H3,(H,40,41)/t30-,32-/m1/s1. The highest BCUT2D eigenvalue weighted by Crippen LogP contribution is 2.45. The first kappa shape index (κ1) is 34.6. The van der Waals surface area contributed by atoms with Gasteiger partial charge in [0.25, 0.3) is 5.91 Å². The summed E-state index contributed by atoms with van der Waals surface area (Å²) in [4.78, 5) is 27.3. The lowest BCUT2D eigenvalue weighted by molar-refractivity contribution is -0.147. The second-order valence-corrected chi connectivity index (χ2v) is 13.2. The maximum atomic E-state index is 13.8. The van der Waals surface area contributed by atoms with E-state index in [4.69, 9.17) is 37.4 Å². The van der Waals surface area contributed by atoms with E-state index in [0.29, 0.717) is 46.5 Å². The largest absolute Gasteiger partial charge is 0.492 e. The molecule has 0 spiro atoms. The lowest BCUT2D eigenvalue weighted by Crippen LogP contribution is -2.44. The third-order valence-electron chi connectivity index (χ3n) is 7.41. The predicted octanol–water partition coefficient (Wildman–Crippen LogP) is 7.34. The number of benzene rings is 3. The Hall–Kier alpha value is -3.30. The second kappa shape index (κ2) is 15.8. The number of carbonyl (C=O) groups is 2. The molecule has 1 aliphatic rings. The molecule has 0 bridgehead atoms. The molecule has 10 heteroatoms. The van der Waals surface area contributed by atoms with Crippen molar-refractivity contribution in [2.45, 2.75) is 58.7 Å². The van der Waals surface area contributed by atoms with Crippen LogP contribution in [0.4, 0.5) is 5.69 Å². The number of methoxy groups -OCH3 is 1. The molecule has 1 amide bonds. The zero-order chi connectivity index (χ0) is 32.6. The van der Waals surface area contributed by atoms with Gasteiger partial charge in [0, 0.05) is 33.4 Å². The van der Waals surface area contributed by atoms with Crippen LogP contribution in [0.1, 0.15) is 62.8 Å². The van der Waals surface area contributed by atoms with Crippen molar-refractivity contribution in [3.8, 4) is 11.5 Å². The molecule has 242 valence electrons. The highest BCUT2D eigenvalue weighted by atomic mass is 35.5. The maximum Gasteiger partial charge on any atom is 0.306 e. The van der Waals surface area contributed by atoms with E-state index in [1.807, 2.05) is 57.2 Å². The Kier molecular flexibility index (Phi) is 12.1. The van der Waals surface area contributed by atoms with Crippen molar-refractivity contribution in [2.24, 2.45) is 5.41 Å². The van der Waals surface area contributed by atoms with Crippen molar-refractivity contribution in [2.75, 3.05) is 38.3 Å². The van der Waals surface area contributed by atoms with E-state index < -0.39 is 30.5 Å². The molecule has 0 saturated carbocycles. The van der Waals surface area contributed by atoms with E-state index >= 15 is 0 Å². The van der Waals surface area contributed by atoms with E-state index in [9.17, 15) is 14.7 Å². The van der Waals surface area contributed by atoms with E-state index in [2.05, 4.69) is 11.4 Å². The van der Waals surface area contributed by atoms with Gasteiger partial charge in [0.05, 0.1) is 20.1 Å². The van der Waals surface area contributed by atoms with Gasteiger partial charge in [-0.25, -0.2) is 0 Å². The number of carboxylic acid groups (broad SMARTS) is 1. The number of amides is 1. The predicted molar refractivity (Wildman–Crippen MR) is 178 cm³/mol. The highest BCUT2D eigenvalue weighted by molar-refractivity contribution is 6.31. The van der Waals surface area contributed by atoms with Crippen molar-refractivity contribution in [1.82, 2.24) is 5.32 Å². The van der Waals surface area contributed by atoms with Crippen LogP contribution in [0.15, 0.2) is 60.7 Å². The Balaban J connectivity index is 1.51. The fourth-order valence-corrected chi connectivity index (χ4v) is 5.83. The van der Waals surface area contributed by atoms with Crippen LogP contribution in [-0.2, 0) is 20.7 Å². The lowest BCUT2D eigenvalue weighted by atomic mass is 9.94. The van der Waals surface area contributed by atoms with Crippen molar-refractivity contribution >= 4 is 40.8 Å². The minimum absolute atomic E-state index is 0.268. The van der Waals surface area contributed by atoms with Crippen molar-refractivity contribution < 1.29 is 28.9 Å². The molecule has 0 unspecified atom stereocenters. The van der Waals surface area contributed by atoms with Crippen molar-refractivity contribution in [3.05, 3.63) is 87.4 Å². The first-order chi connectivity index (χ1) is 21.5. The Labute approximate surface area is 275 Å². The number of aryl methyl sites for hydroxylation is 1. The number of anilines is 1. The summed E-state index contributed by atoms with van der Waals surface area (Å²) in [7, 11) is 1.55. The number of carbonyl (C=O) groups excluding carboxylic acids is 1. The highest BCUT2D eigenvalue weighted by Gasteiger charge is 2.40. The molecule has 0 aromatic heterocycles. The number of aliphatic carboxylic acids is 1. The molecule has 0 fully saturated rings. The molecule has 8 nitrogen and oxygen atoms in total. The molecular formula is C35H42Cl2N2O6. The number of nitrogens with zero attached hydrogens (tertiary/aromatic N) is 1. The monoisotopic (exact) mass is 656 g/mol. The van der Waals surface area contributed by atoms with Crippen molar-refractivity contribution in [1.29, 1.82) is 0 Å². The quantitative estimate of drug-likeness (QED) is 0.175. The van der Waals surface area contributed by atoms with Gasteiger partial charge < -0.3 is 29.5 Å². The Bertz CT molecular complexity index is 1470. The van der Waals surface area contributed by atoms with Gasteiger partial charge in [0.2, 0.25) is 0 Å². The van der Waals surface area contributed by atoms with E-state index in [1.165, 1.54) is 0 Å². The zero-order valence-electron chi connectivity index (χ0n) is 26.3. The molecule has 3 aromatic rings. The molecule has 45 heavy (non-hydrogen) atoms. The maximum absolute atomic E-state index is 13.8. The van der Waals surface area contributed by atoms with Crippen LogP contribution in [0.5, 0.6) is 11.5 Å². The van der Waals surface area contributed by atoms with E-state index in [1.54, 1.807) is 30.2 Å². The van der Waals surface area contributed by atoms with Gasteiger partial charge in [0.15, 0.2) is 11.5 Å². The molecule has 2 N–H and O–H groups in total. The van der Waals surface area contributed by atoms with E-state index in [-0.39, 0.29) is 5.41 Å². The number of para-hydroxylation sites is 1. The molecule has 0 saturated heterocycles. The van der Waals surface area contributed by atoms with Crippen LogP contribution < -0.4 is 19.7 Å². The van der Waals surface area contributed by atoms with Crippen LogP contribution in [0.25, 0.3) is 0 Å².